The molecule has 18 heavy (non-hydrogen) atoms. The number of ether oxygens (including phenoxy) is 2. The van der Waals surface area contributed by atoms with Gasteiger partial charge in [-0.3, -0.25) is 0 Å². The minimum absolute atomic E-state index is 0.674. The van der Waals surface area contributed by atoms with E-state index < -0.39 is 18.0 Å². The van der Waals surface area contributed by atoms with Crippen molar-refractivity contribution in [3.05, 3.63) is 29.3 Å². The van der Waals surface area contributed by atoms with Crippen LogP contribution in [-0.2, 0) is 19.1 Å². The van der Waals surface area contributed by atoms with Gasteiger partial charge < -0.3 is 14.8 Å². The average Bonchev–Trinajstić information content (AvgIpc) is 2.33. The molecule has 0 atom stereocenters. The molecule has 0 spiro atoms. The Bertz CT molecular complexity index is 420. The Labute approximate surface area is 106 Å². The van der Waals surface area contributed by atoms with E-state index in [-0.39, 0.29) is 0 Å². The fourth-order valence-corrected chi connectivity index (χ4v) is 1.67. The molecule has 0 saturated carbocycles. The van der Waals surface area contributed by atoms with Crippen LogP contribution in [0.5, 0.6) is 0 Å². The maximum absolute atomic E-state index is 11.5. The monoisotopic (exact) mass is 251 g/mol. The molecule has 0 radical (unpaired) electrons. The van der Waals surface area contributed by atoms with Crippen LogP contribution in [0.25, 0.3) is 0 Å². The van der Waals surface area contributed by atoms with Crippen LogP contribution in [0.3, 0.4) is 0 Å². The molecule has 1 N–H and O–H groups in total. The molecule has 5 nitrogen and oxygen atoms in total. The summed E-state index contributed by atoms with van der Waals surface area (Å²) in [6.07, 6.45) is 0. The summed E-state index contributed by atoms with van der Waals surface area (Å²) < 4.78 is 9.13. The van der Waals surface area contributed by atoms with Gasteiger partial charge in [-0.15, -0.1) is 0 Å². The summed E-state index contributed by atoms with van der Waals surface area (Å²) in [5.41, 5.74) is 2.74. The number of benzene rings is 1. The second-order valence-electron chi connectivity index (χ2n) is 4.00. The van der Waals surface area contributed by atoms with Crippen LogP contribution in [0, 0.1) is 13.8 Å². The van der Waals surface area contributed by atoms with Crippen molar-refractivity contribution in [1.82, 2.24) is 0 Å². The van der Waals surface area contributed by atoms with Crippen LogP contribution in [0.2, 0.25) is 0 Å². The van der Waals surface area contributed by atoms with E-state index in [9.17, 15) is 9.59 Å². The van der Waals surface area contributed by atoms with Gasteiger partial charge in [0.2, 0.25) is 6.04 Å². The van der Waals surface area contributed by atoms with E-state index in [1.807, 2.05) is 32.0 Å². The van der Waals surface area contributed by atoms with E-state index in [1.165, 1.54) is 14.2 Å². The number of anilines is 1. The van der Waals surface area contributed by atoms with Gasteiger partial charge in [0, 0.05) is 5.69 Å². The van der Waals surface area contributed by atoms with E-state index in [4.69, 9.17) is 0 Å². The molecular formula is C13H17NO4. The summed E-state index contributed by atoms with van der Waals surface area (Å²) in [4.78, 5) is 23.0. The SMILES string of the molecule is COC(=O)C(Nc1cc(C)cc(C)c1)C(=O)OC. The highest BCUT2D eigenvalue weighted by molar-refractivity contribution is 6.01. The summed E-state index contributed by atoms with van der Waals surface area (Å²) in [5, 5.41) is 2.81. The third-order valence-electron chi connectivity index (χ3n) is 2.41. The Kier molecular flexibility index (Phi) is 4.71. The van der Waals surface area contributed by atoms with Gasteiger partial charge in [0.1, 0.15) is 0 Å². The molecule has 1 rings (SSSR count). The summed E-state index contributed by atoms with van der Waals surface area (Å²) >= 11 is 0. The predicted octanol–water partition coefficient (Wildman–Crippen LogP) is 1.43. The van der Waals surface area contributed by atoms with E-state index in [0.717, 1.165) is 11.1 Å². The number of esters is 2. The molecule has 0 aliphatic rings. The number of hydrogen-bond acceptors (Lipinski definition) is 5. The van der Waals surface area contributed by atoms with E-state index in [2.05, 4.69) is 14.8 Å². The highest BCUT2D eigenvalue weighted by Crippen LogP contribution is 2.15. The van der Waals surface area contributed by atoms with Gasteiger partial charge in [-0.05, 0) is 37.1 Å². The molecule has 1 aromatic carbocycles. The standard InChI is InChI=1S/C13H17NO4/c1-8-5-9(2)7-10(6-8)14-11(12(15)17-3)13(16)18-4/h5-7,11,14H,1-4H3. The normalized spacial score (nSPS) is 10.1. The maximum atomic E-state index is 11.5. The molecule has 0 saturated heterocycles. The van der Waals surface area contributed by atoms with Crippen molar-refractivity contribution in [3.63, 3.8) is 0 Å². The third-order valence-corrected chi connectivity index (χ3v) is 2.41. The fourth-order valence-electron chi connectivity index (χ4n) is 1.67. The molecule has 0 fully saturated rings. The largest absolute Gasteiger partial charge is 0.467 e. The van der Waals surface area contributed by atoms with Crippen molar-refractivity contribution in [2.24, 2.45) is 0 Å². The zero-order chi connectivity index (χ0) is 13.7. The van der Waals surface area contributed by atoms with Crippen molar-refractivity contribution in [2.75, 3.05) is 19.5 Å². The maximum Gasteiger partial charge on any atom is 0.340 e. The smallest absolute Gasteiger partial charge is 0.340 e. The number of methoxy groups -OCH3 is 2. The quantitative estimate of drug-likeness (QED) is 0.648. The van der Waals surface area contributed by atoms with Crippen LogP contribution in [0.15, 0.2) is 18.2 Å². The third kappa shape index (κ3) is 3.48. The number of carbonyl (C=O) groups excluding carboxylic acids is 2. The lowest BCUT2D eigenvalue weighted by molar-refractivity contribution is -0.152. The molecule has 0 aliphatic carbocycles. The second kappa shape index (κ2) is 6.05. The van der Waals surface area contributed by atoms with Gasteiger partial charge in [-0.1, -0.05) is 6.07 Å². The van der Waals surface area contributed by atoms with Crippen molar-refractivity contribution in [1.29, 1.82) is 0 Å². The average molecular weight is 251 g/mol. The topological polar surface area (TPSA) is 64.6 Å². The lowest BCUT2D eigenvalue weighted by atomic mass is 10.1. The van der Waals surface area contributed by atoms with Gasteiger partial charge in [0.05, 0.1) is 14.2 Å². The highest BCUT2D eigenvalue weighted by Gasteiger charge is 2.28. The molecule has 98 valence electrons. The Morgan fingerprint density at radius 3 is 1.83 bits per heavy atom. The molecule has 0 aromatic heterocycles. The van der Waals surface area contributed by atoms with Crippen molar-refractivity contribution >= 4 is 17.6 Å². The number of nitrogens with one attached hydrogen (secondary N) is 1. The molecule has 0 heterocycles. The summed E-state index contributed by atoms with van der Waals surface area (Å²) in [7, 11) is 2.45. The van der Waals surface area contributed by atoms with Gasteiger partial charge in [-0.2, -0.15) is 0 Å². The first-order valence-corrected chi connectivity index (χ1v) is 5.48. The van der Waals surface area contributed by atoms with Crippen LogP contribution < -0.4 is 5.32 Å². The predicted molar refractivity (Wildman–Crippen MR) is 67.4 cm³/mol. The zero-order valence-corrected chi connectivity index (χ0v) is 10.9. The summed E-state index contributed by atoms with van der Waals surface area (Å²) in [6, 6.07) is 4.52. The highest BCUT2D eigenvalue weighted by atomic mass is 16.5. The van der Waals surface area contributed by atoms with Crippen molar-refractivity contribution in [2.45, 2.75) is 19.9 Å². The first-order valence-electron chi connectivity index (χ1n) is 5.48. The lowest BCUT2D eigenvalue weighted by Crippen LogP contribution is -2.39. The fraction of sp³-hybridized carbons (Fsp3) is 0.385. The molecule has 0 aliphatic heterocycles. The minimum atomic E-state index is -1.15. The molecule has 0 bridgehead atoms. The van der Waals surface area contributed by atoms with Crippen LogP contribution in [-0.4, -0.2) is 32.2 Å². The molecule has 5 heteroatoms. The molecule has 1 aromatic rings. The first kappa shape index (κ1) is 14.0. The van der Waals surface area contributed by atoms with Gasteiger partial charge in [0.15, 0.2) is 0 Å². The summed E-state index contributed by atoms with van der Waals surface area (Å²) in [6.45, 7) is 3.87. The Hall–Kier alpha value is -2.04. The van der Waals surface area contributed by atoms with E-state index in [1.54, 1.807) is 0 Å². The Morgan fingerprint density at radius 2 is 1.44 bits per heavy atom. The lowest BCUT2D eigenvalue weighted by Gasteiger charge is -2.16. The van der Waals surface area contributed by atoms with E-state index >= 15 is 0 Å². The van der Waals surface area contributed by atoms with Crippen molar-refractivity contribution in [3.8, 4) is 0 Å². The number of hydrogen-bond donors (Lipinski definition) is 1. The Balaban J connectivity index is 2.95. The van der Waals surface area contributed by atoms with Crippen molar-refractivity contribution < 1.29 is 19.1 Å². The van der Waals surface area contributed by atoms with Crippen LogP contribution >= 0.6 is 0 Å². The van der Waals surface area contributed by atoms with Gasteiger partial charge >= 0.3 is 11.9 Å². The van der Waals surface area contributed by atoms with Gasteiger partial charge in [-0.25, -0.2) is 9.59 Å². The van der Waals surface area contributed by atoms with Crippen LogP contribution in [0.1, 0.15) is 11.1 Å². The summed E-state index contributed by atoms with van der Waals surface area (Å²) in [5.74, 6) is -1.36. The van der Waals surface area contributed by atoms with E-state index in [0.29, 0.717) is 5.69 Å². The van der Waals surface area contributed by atoms with Gasteiger partial charge in [0.25, 0.3) is 0 Å². The Morgan fingerprint density at radius 1 is 1.00 bits per heavy atom. The zero-order valence-electron chi connectivity index (χ0n) is 10.9. The first-order chi connectivity index (χ1) is 8.47. The van der Waals surface area contributed by atoms with Crippen LogP contribution in [0.4, 0.5) is 5.69 Å². The number of aryl methyl sites for hydroxylation is 2. The number of carbonyl (C=O) groups is 2. The second-order valence-corrected chi connectivity index (χ2v) is 4.00. The minimum Gasteiger partial charge on any atom is -0.467 e. The molecular weight excluding hydrogens is 234 g/mol. The number of rotatable bonds is 4. The molecule has 0 amide bonds. The molecule has 0 unspecified atom stereocenters.